The molecule has 0 bridgehead atoms. The van der Waals surface area contributed by atoms with Crippen molar-refractivity contribution in [3.05, 3.63) is 40.8 Å². The van der Waals surface area contributed by atoms with Crippen molar-refractivity contribution in [2.45, 2.75) is 29.7 Å². The van der Waals surface area contributed by atoms with E-state index in [0.29, 0.717) is 5.92 Å². The molecule has 0 atom stereocenters. The van der Waals surface area contributed by atoms with Gasteiger partial charge in [0.05, 0.1) is 12.0 Å². The Hall–Kier alpha value is -1.07. The van der Waals surface area contributed by atoms with Gasteiger partial charge in [-0.05, 0) is 28.1 Å². The van der Waals surface area contributed by atoms with Gasteiger partial charge >= 0.3 is 0 Å². The minimum Gasteiger partial charge on any atom is -0.496 e. The number of hydrogen-bond acceptors (Lipinski definition) is 4. The van der Waals surface area contributed by atoms with Crippen molar-refractivity contribution in [1.82, 2.24) is 9.97 Å². The van der Waals surface area contributed by atoms with Crippen LogP contribution in [0.25, 0.3) is 0 Å². The molecule has 0 spiro atoms. The van der Waals surface area contributed by atoms with Gasteiger partial charge in [-0.15, -0.1) is 0 Å². The van der Waals surface area contributed by atoms with Crippen LogP contribution < -0.4 is 4.74 Å². The summed E-state index contributed by atoms with van der Waals surface area (Å²) in [4.78, 5) is 10.00. The van der Waals surface area contributed by atoms with Crippen LogP contribution in [0.2, 0.25) is 0 Å². The minimum absolute atomic E-state index is 0.300. The maximum atomic E-state index is 5.35. The van der Waals surface area contributed by atoms with Crippen molar-refractivity contribution in [2.24, 2.45) is 0 Å². The molecule has 0 aliphatic carbocycles. The largest absolute Gasteiger partial charge is 0.496 e. The predicted molar refractivity (Wildman–Crippen MR) is 80.9 cm³/mol. The summed E-state index contributed by atoms with van der Waals surface area (Å²) in [5.74, 6) is 2.00. The van der Waals surface area contributed by atoms with Gasteiger partial charge in [0.1, 0.15) is 21.2 Å². The van der Waals surface area contributed by atoms with E-state index < -0.39 is 0 Å². The first-order valence-electron chi connectivity index (χ1n) is 5.95. The average Bonchev–Trinajstić information content (AvgIpc) is 2.38. The molecule has 1 aromatic carbocycles. The SMILES string of the molecule is COc1ccccc1Sc1cc(Br)nc(C(C)C)n1. The molecule has 0 saturated carbocycles. The molecule has 1 heterocycles. The molecule has 0 fully saturated rings. The lowest BCUT2D eigenvalue weighted by Gasteiger charge is -2.09. The van der Waals surface area contributed by atoms with Crippen molar-refractivity contribution in [1.29, 1.82) is 0 Å². The summed E-state index contributed by atoms with van der Waals surface area (Å²) in [6.45, 7) is 4.17. The lowest BCUT2D eigenvalue weighted by Crippen LogP contribution is -1.99. The topological polar surface area (TPSA) is 35.0 Å². The summed E-state index contributed by atoms with van der Waals surface area (Å²) < 4.78 is 6.16. The molecule has 0 saturated heterocycles. The first-order chi connectivity index (χ1) is 9.10. The molecule has 3 nitrogen and oxygen atoms in total. The van der Waals surface area contributed by atoms with E-state index in [1.807, 2.05) is 30.3 Å². The number of para-hydroxylation sites is 1. The van der Waals surface area contributed by atoms with Crippen LogP contribution in [-0.4, -0.2) is 17.1 Å². The molecule has 19 heavy (non-hydrogen) atoms. The van der Waals surface area contributed by atoms with E-state index in [1.54, 1.807) is 18.9 Å². The molecule has 2 aromatic rings. The Kier molecular flexibility index (Phi) is 4.82. The van der Waals surface area contributed by atoms with Crippen LogP contribution >= 0.6 is 27.7 Å². The lowest BCUT2D eigenvalue weighted by molar-refractivity contribution is 0.405. The number of hydrogen-bond donors (Lipinski definition) is 0. The second kappa shape index (κ2) is 6.39. The van der Waals surface area contributed by atoms with Gasteiger partial charge in [0.2, 0.25) is 0 Å². The van der Waals surface area contributed by atoms with Crippen LogP contribution in [0.15, 0.2) is 44.9 Å². The molecular formula is C14H15BrN2OS. The molecule has 0 N–H and O–H groups in total. The van der Waals surface area contributed by atoms with Crippen LogP contribution in [0.5, 0.6) is 5.75 Å². The third kappa shape index (κ3) is 3.70. The Morgan fingerprint density at radius 3 is 2.63 bits per heavy atom. The predicted octanol–water partition coefficient (Wildman–Crippen LogP) is 4.52. The zero-order chi connectivity index (χ0) is 13.8. The summed E-state index contributed by atoms with van der Waals surface area (Å²) in [5, 5.41) is 0.912. The van der Waals surface area contributed by atoms with E-state index in [2.05, 4.69) is 39.7 Å². The number of rotatable bonds is 4. The number of nitrogens with zero attached hydrogens (tertiary/aromatic N) is 2. The fourth-order valence-electron chi connectivity index (χ4n) is 1.54. The Morgan fingerprint density at radius 2 is 1.95 bits per heavy atom. The molecule has 5 heteroatoms. The smallest absolute Gasteiger partial charge is 0.133 e. The van der Waals surface area contributed by atoms with Gasteiger partial charge in [-0.1, -0.05) is 37.7 Å². The molecule has 0 unspecified atom stereocenters. The Morgan fingerprint density at radius 1 is 1.21 bits per heavy atom. The van der Waals surface area contributed by atoms with Gasteiger partial charge in [-0.2, -0.15) is 0 Å². The highest BCUT2D eigenvalue weighted by molar-refractivity contribution is 9.10. The number of benzene rings is 1. The molecule has 0 radical (unpaired) electrons. The average molecular weight is 339 g/mol. The van der Waals surface area contributed by atoms with Crippen molar-refractivity contribution >= 4 is 27.7 Å². The van der Waals surface area contributed by atoms with Crippen molar-refractivity contribution in [3.8, 4) is 5.75 Å². The fourth-order valence-corrected chi connectivity index (χ4v) is 3.02. The van der Waals surface area contributed by atoms with Crippen LogP contribution in [0.4, 0.5) is 0 Å². The number of aromatic nitrogens is 2. The molecule has 0 aliphatic heterocycles. The highest BCUT2D eigenvalue weighted by Gasteiger charge is 2.10. The van der Waals surface area contributed by atoms with E-state index in [0.717, 1.165) is 26.1 Å². The van der Waals surface area contributed by atoms with Crippen molar-refractivity contribution in [3.63, 3.8) is 0 Å². The summed E-state index contributed by atoms with van der Waals surface area (Å²) in [5.41, 5.74) is 0. The quantitative estimate of drug-likeness (QED) is 0.767. The van der Waals surface area contributed by atoms with E-state index >= 15 is 0 Å². The lowest BCUT2D eigenvalue weighted by atomic mass is 10.2. The highest BCUT2D eigenvalue weighted by atomic mass is 79.9. The van der Waals surface area contributed by atoms with Gasteiger partial charge < -0.3 is 4.74 Å². The zero-order valence-electron chi connectivity index (χ0n) is 11.1. The van der Waals surface area contributed by atoms with Crippen LogP contribution in [-0.2, 0) is 0 Å². The Balaban J connectivity index is 2.32. The van der Waals surface area contributed by atoms with E-state index in [1.165, 1.54) is 0 Å². The fraction of sp³-hybridized carbons (Fsp3) is 0.286. The molecule has 1 aromatic heterocycles. The number of halogens is 1. The van der Waals surface area contributed by atoms with Crippen LogP contribution in [0.3, 0.4) is 0 Å². The molecular weight excluding hydrogens is 324 g/mol. The van der Waals surface area contributed by atoms with Gasteiger partial charge in [-0.3, -0.25) is 0 Å². The third-order valence-electron chi connectivity index (χ3n) is 2.49. The first-order valence-corrected chi connectivity index (χ1v) is 7.56. The van der Waals surface area contributed by atoms with E-state index in [9.17, 15) is 0 Å². The minimum atomic E-state index is 0.300. The van der Waals surface area contributed by atoms with Crippen molar-refractivity contribution in [2.75, 3.05) is 7.11 Å². The summed E-state index contributed by atoms with van der Waals surface area (Å²) in [6.07, 6.45) is 0. The van der Waals surface area contributed by atoms with E-state index in [4.69, 9.17) is 4.74 Å². The molecule has 0 amide bonds. The second-order valence-electron chi connectivity index (χ2n) is 4.29. The Labute approximate surface area is 125 Å². The van der Waals surface area contributed by atoms with Crippen molar-refractivity contribution < 1.29 is 4.74 Å². The van der Waals surface area contributed by atoms with Gasteiger partial charge in [-0.25, -0.2) is 9.97 Å². The van der Waals surface area contributed by atoms with E-state index in [-0.39, 0.29) is 0 Å². The molecule has 0 aliphatic rings. The Bertz CT molecular complexity index is 575. The number of methoxy groups -OCH3 is 1. The summed E-state index contributed by atoms with van der Waals surface area (Å²) >= 11 is 5.01. The second-order valence-corrected chi connectivity index (χ2v) is 6.17. The summed E-state index contributed by atoms with van der Waals surface area (Å²) in [6, 6.07) is 9.84. The normalized spacial score (nSPS) is 10.8. The standard InChI is InChI=1S/C14H15BrN2OS/c1-9(2)14-16-12(15)8-13(17-14)19-11-7-5-4-6-10(11)18-3/h4-9H,1-3H3. The molecule has 100 valence electrons. The first kappa shape index (κ1) is 14.3. The van der Waals surface area contributed by atoms with Gasteiger partial charge in [0.15, 0.2) is 0 Å². The third-order valence-corrected chi connectivity index (χ3v) is 3.87. The molecule has 2 rings (SSSR count). The maximum absolute atomic E-state index is 5.35. The summed E-state index contributed by atoms with van der Waals surface area (Å²) in [7, 11) is 1.68. The highest BCUT2D eigenvalue weighted by Crippen LogP contribution is 2.34. The zero-order valence-corrected chi connectivity index (χ0v) is 13.5. The number of ether oxygens (including phenoxy) is 1. The van der Waals surface area contributed by atoms with Gasteiger partial charge in [0, 0.05) is 12.0 Å². The maximum Gasteiger partial charge on any atom is 0.133 e. The van der Waals surface area contributed by atoms with Crippen LogP contribution in [0, 0.1) is 0 Å². The van der Waals surface area contributed by atoms with Gasteiger partial charge in [0.25, 0.3) is 0 Å². The monoisotopic (exact) mass is 338 g/mol. The van der Waals surface area contributed by atoms with Crippen LogP contribution in [0.1, 0.15) is 25.6 Å².